The van der Waals surface area contributed by atoms with E-state index in [-0.39, 0.29) is 5.91 Å². The summed E-state index contributed by atoms with van der Waals surface area (Å²) < 4.78 is 0. The quantitative estimate of drug-likeness (QED) is 0.886. The van der Waals surface area contributed by atoms with Crippen LogP contribution in [-0.2, 0) is 11.2 Å². The molecule has 0 atom stereocenters. The van der Waals surface area contributed by atoms with E-state index in [1.54, 1.807) is 6.20 Å². The molecule has 1 aromatic rings. The van der Waals surface area contributed by atoms with E-state index in [9.17, 15) is 4.79 Å². The average molecular weight is 273 g/mol. The number of aromatic nitrogens is 1. The average Bonchev–Trinajstić information content (AvgIpc) is 3.31. The number of carbonyl (C=O) groups is 1. The van der Waals surface area contributed by atoms with Gasteiger partial charge in [0.25, 0.3) is 0 Å². The molecule has 0 radical (unpaired) electrons. The van der Waals surface area contributed by atoms with Crippen LogP contribution >= 0.6 is 0 Å². The van der Waals surface area contributed by atoms with Gasteiger partial charge in [-0.15, -0.1) is 0 Å². The van der Waals surface area contributed by atoms with E-state index in [0.29, 0.717) is 12.5 Å². The van der Waals surface area contributed by atoms with Crippen molar-refractivity contribution in [2.45, 2.75) is 38.1 Å². The van der Waals surface area contributed by atoms with Gasteiger partial charge in [0.05, 0.1) is 6.42 Å². The molecule has 108 valence electrons. The molecule has 20 heavy (non-hydrogen) atoms. The van der Waals surface area contributed by atoms with Crippen LogP contribution in [0.1, 0.15) is 31.4 Å². The lowest BCUT2D eigenvalue weighted by atomic mass is 10.0. The highest BCUT2D eigenvalue weighted by Gasteiger charge is 2.25. The molecule has 2 aliphatic rings. The fourth-order valence-electron chi connectivity index (χ4n) is 2.76. The summed E-state index contributed by atoms with van der Waals surface area (Å²) in [7, 11) is 0. The zero-order valence-electron chi connectivity index (χ0n) is 11.9. The summed E-state index contributed by atoms with van der Waals surface area (Å²) in [6, 6.07) is 6.34. The number of nitrogens with one attached hydrogen (secondary N) is 1. The lowest BCUT2D eigenvalue weighted by molar-refractivity contribution is -0.131. The number of likely N-dealkylation sites (tertiary alicyclic amines) is 1. The summed E-state index contributed by atoms with van der Waals surface area (Å²) in [4.78, 5) is 18.4. The van der Waals surface area contributed by atoms with E-state index < -0.39 is 0 Å². The Kier molecular flexibility index (Phi) is 4.31. The first-order valence-electron chi connectivity index (χ1n) is 7.72. The Bertz CT molecular complexity index is 436. The monoisotopic (exact) mass is 273 g/mol. The van der Waals surface area contributed by atoms with E-state index in [4.69, 9.17) is 0 Å². The highest BCUT2D eigenvalue weighted by Crippen LogP contribution is 2.28. The van der Waals surface area contributed by atoms with Crippen LogP contribution in [0.2, 0.25) is 0 Å². The fourth-order valence-corrected chi connectivity index (χ4v) is 2.76. The molecule has 1 aliphatic carbocycles. The highest BCUT2D eigenvalue weighted by molar-refractivity contribution is 5.78. The van der Waals surface area contributed by atoms with Gasteiger partial charge >= 0.3 is 0 Å². The first kappa shape index (κ1) is 13.6. The number of piperidine rings is 1. The van der Waals surface area contributed by atoms with Crippen molar-refractivity contribution in [1.29, 1.82) is 0 Å². The van der Waals surface area contributed by atoms with Crippen LogP contribution in [0.4, 0.5) is 0 Å². The third-order valence-electron chi connectivity index (χ3n) is 4.30. The number of rotatable bonds is 5. The maximum atomic E-state index is 12.2. The van der Waals surface area contributed by atoms with Gasteiger partial charge in [-0.3, -0.25) is 9.78 Å². The van der Waals surface area contributed by atoms with Gasteiger partial charge in [-0.1, -0.05) is 6.07 Å². The molecule has 2 heterocycles. The normalized spacial score (nSPS) is 20.1. The maximum Gasteiger partial charge on any atom is 0.228 e. The number of pyridine rings is 1. The van der Waals surface area contributed by atoms with Gasteiger partial charge in [0.1, 0.15) is 0 Å². The Morgan fingerprint density at radius 1 is 1.25 bits per heavy atom. The largest absolute Gasteiger partial charge is 0.342 e. The Labute approximate surface area is 120 Å². The summed E-state index contributed by atoms with van der Waals surface area (Å²) in [6.45, 7) is 2.94. The molecule has 1 aromatic heterocycles. The van der Waals surface area contributed by atoms with Gasteiger partial charge in [-0.25, -0.2) is 0 Å². The summed E-state index contributed by atoms with van der Waals surface area (Å²) in [5, 5.41) is 3.64. The minimum atomic E-state index is 0.212. The Hall–Kier alpha value is -1.42. The van der Waals surface area contributed by atoms with E-state index >= 15 is 0 Å². The lowest BCUT2D eigenvalue weighted by Gasteiger charge is -2.32. The van der Waals surface area contributed by atoms with Crippen molar-refractivity contribution in [1.82, 2.24) is 15.2 Å². The molecule has 1 saturated carbocycles. The van der Waals surface area contributed by atoms with Gasteiger partial charge in [0.15, 0.2) is 0 Å². The summed E-state index contributed by atoms with van der Waals surface area (Å²) in [5.74, 6) is 1.14. The van der Waals surface area contributed by atoms with Crippen molar-refractivity contribution >= 4 is 5.91 Å². The van der Waals surface area contributed by atoms with Crippen molar-refractivity contribution in [3.05, 3.63) is 30.1 Å². The van der Waals surface area contributed by atoms with Gasteiger partial charge in [0, 0.05) is 31.0 Å². The standard InChI is InChI=1S/C16H23N3O/c20-16(11-15-3-1-2-8-17-15)19-9-6-14(7-10-19)18-12-13-4-5-13/h1-3,8,13-14,18H,4-7,9-12H2. The molecule has 1 amide bonds. The summed E-state index contributed by atoms with van der Waals surface area (Å²) in [5.41, 5.74) is 0.867. The van der Waals surface area contributed by atoms with Crippen LogP contribution in [0.25, 0.3) is 0 Å². The summed E-state index contributed by atoms with van der Waals surface area (Å²) >= 11 is 0. The molecule has 4 heteroatoms. The molecule has 3 rings (SSSR count). The smallest absolute Gasteiger partial charge is 0.228 e. The molecule has 0 spiro atoms. The third-order valence-corrected chi connectivity index (χ3v) is 4.30. The molecule has 2 fully saturated rings. The van der Waals surface area contributed by atoms with Gasteiger partial charge in [-0.05, 0) is 50.3 Å². The number of hydrogen-bond donors (Lipinski definition) is 1. The predicted molar refractivity (Wildman–Crippen MR) is 78.3 cm³/mol. The molecule has 1 saturated heterocycles. The SMILES string of the molecule is O=C(Cc1ccccn1)N1CCC(NCC2CC2)CC1. The van der Waals surface area contributed by atoms with E-state index in [0.717, 1.165) is 37.5 Å². The van der Waals surface area contributed by atoms with Crippen LogP contribution in [0.3, 0.4) is 0 Å². The lowest BCUT2D eigenvalue weighted by Crippen LogP contribution is -2.45. The molecule has 1 N–H and O–H groups in total. The predicted octanol–water partition coefficient (Wildman–Crippen LogP) is 1.61. The van der Waals surface area contributed by atoms with Gasteiger partial charge in [-0.2, -0.15) is 0 Å². The van der Waals surface area contributed by atoms with Crippen LogP contribution in [0.5, 0.6) is 0 Å². The third kappa shape index (κ3) is 3.79. The van der Waals surface area contributed by atoms with Crippen LogP contribution < -0.4 is 5.32 Å². The van der Waals surface area contributed by atoms with Gasteiger partial charge in [0.2, 0.25) is 5.91 Å². The number of amides is 1. The van der Waals surface area contributed by atoms with Crippen molar-refractivity contribution in [2.75, 3.05) is 19.6 Å². The molecule has 4 nitrogen and oxygen atoms in total. The number of hydrogen-bond acceptors (Lipinski definition) is 3. The first-order chi connectivity index (χ1) is 9.81. The number of nitrogens with zero attached hydrogens (tertiary/aromatic N) is 2. The Morgan fingerprint density at radius 3 is 2.70 bits per heavy atom. The minimum Gasteiger partial charge on any atom is -0.342 e. The second-order valence-corrected chi connectivity index (χ2v) is 6.00. The molecule has 0 aromatic carbocycles. The van der Waals surface area contributed by atoms with Crippen molar-refractivity contribution in [3.8, 4) is 0 Å². The fraction of sp³-hybridized carbons (Fsp3) is 0.625. The van der Waals surface area contributed by atoms with Crippen molar-refractivity contribution < 1.29 is 4.79 Å². The second kappa shape index (κ2) is 6.35. The van der Waals surface area contributed by atoms with Crippen molar-refractivity contribution in [3.63, 3.8) is 0 Å². The first-order valence-corrected chi connectivity index (χ1v) is 7.72. The number of carbonyl (C=O) groups excluding carboxylic acids is 1. The molecular weight excluding hydrogens is 250 g/mol. The highest BCUT2D eigenvalue weighted by atomic mass is 16.2. The molecule has 0 bridgehead atoms. The maximum absolute atomic E-state index is 12.2. The Morgan fingerprint density at radius 2 is 2.05 bits per heavy atom. The Balaban J connectivity index is 1.41. The van der Waals surface area contributed by atoms with E-state index in [1.165, 1.54) is 19.4 Å². The zero-order valence-corrected chi connectivity index (χ0v) is 11.9. The minimum absolute atomic E-state index is 0.212. The van der Waals surface area contributed by atoms with Crippen LogP contribution in [0, 0.1) is 5.92 Å². The molecular formula is C16H23N3O. The second-order valence-electron chi connectivity index (χ2n) is 6.00. The topological polar surface area (TPSA) is 45.2 Å². The van der Waals surface area contributed by atoms with Crippen molar-refractivity contribution in [2.24, 2.45) is 5.92 Å². The van der Waals surface area contributed by atoms with Crippen LogP contribution in [-0.4, -0.2) is 41.5 Å². The zero-order chi connectivity index (χ0) is 13.8. The summed E-state index contributed by atoms with van der Waals surface area (Å²) in [6.07, 6.45) is 7.14. The van der Waals surface area contributed by atoms with Crippen LogP contribution in [0.15, 0.2) is 24.4 Å². The van der Waals surface area contributed by atoms with E-state index in [2.05, 4.69) is 10.3 Å². The molecule has 0 unspecified atom stereocenters. The van der Waals surface area contributed by atoms with E-state index in [1.807, 2.05) is 23.1 Å². The molecule has 1 aliphatic heterocycles. The van der Waals surface area contributed by atoms with Gasteiger partial charge < -0.3 is 10.2 Å².